The van der Waals surface area contributed by atoms with Crippen LogP contribution in [0.4, 0.5) is 0 Å². The van der Waals surface area contributed by atoms with E-state index < -0.39 is 54.5 Å². The molecule has 4 atom stereocenters. The lowest BCUT2D eigenvalue weighted by molar-refractivity contribution is -0.142. The molecule has 0 aliphatic heterocycles. The van der Waals surface area contributed by atoms with Crippen LogP contribution in [0, 0.1) is 5.92 Å². The number of nitrogens with two attached hydrogens (primary N) is 3. The number of aliphatic carboxylic acids is 1. The van der Waals surface area contributed by atoms with Crippen molar-refractivity contribution in [3.8, 4) is 0 Å². The highest BCUT2D eigenvalue weighted by atomic mass is 32.2. The second-order valence-electron chi connectivity index (χ2n) is 8.17. The molecule has 196 valence electrons. The van der Waals surface area contributed by atoms with Crippen LogP contribution in [0.25, 0.3) is 0 Å². The number of rotatable bonds is 17. The molecule has 0 aromatic carbocycles. The average Bonchev–Trinajstić information content (AvgIpc) is 2.75. The van der Waals surface area contributed by atoms with Gasteiger partial charge in [0.25, 0.3) is 0 Å². The highest BCUT2D eigenvalue weighted by molar-refractivity contribution is 7.98. The van der Waals surface area contributed by atoms with Crippen LogP contribution >= 0.6 is 11.8 Å². The fraction of sp³-hybridized carbons (Fsp3) is 0.750. The number of amides is 3. The summed E-state index contributed by atoms with van der Waals surface area (Å²) in [5.74, 6) is -2.79. The van der Waals surface area contributed by atoms with Crippen LogP contribution in [0.2, 0.25) is 0 Å². The van der Waals surface area contributed by atoms with Gasteiger partial charge in [0.2, 0.25) is 17.7 Å². The Hall–Kier alpha value is -2.58. The standard InChI is InChI=1S/C20H39N7O6S/c1-11(2)9-12(21)16(29)27-15(10-28)18(31)25-13(6-8-34-3)17(30)26-14(19(32)33)5-4-7-24-20(22)23/h11-15,28H,4-10,21H2,1-3H3,(H,25,31)(H,26,30)(H,27,29)(H,32,33)(H4,22,23,24). The molecule has 34 heavy (non-hydrogen) atoms. The van der Waals surface area contributed by atoms with Gasteiger partial charge in [0, 0.05) is 6.54 Å². The number of carboxylic acids is 1. The van der Waals surface area contributed by atoms with Gasteiger partial charge in [-0.3, -0.25) is 19.4 Å². The molecule has 0 radical (unpaired) electrons. The zero-order valence-electron chi connectivity index (χ0n) is 20.0. The lowest BCUT2D eigenvalue weighted by Gasteiger charge is -2.24. The molecule has 0 saturated heterocycles. The quantitative estimate of drug-likeness (QED) is 0.0597. The van der Waals surface area contributed by atoms with Crippen LogP contribution in [0.3, 0.4) is 0 Å². The molecule has 0 aliphatic rings. The van der Waals surface area contributed by atoms with Crippen LogP contribution in [0.1, 0.15) is 39.5 Å². The van der Waals surface area contributed by atoms with E-state index in [1.165, 1.54) is 11.8 Å². The molecule has 11 N–H and O–H groups in total. The maximum absolute atomic E-state index is 12.8. The highest BCUT2D eigenvalue weighted by Crippen LogP contribution is 2.06. The Bertz CT molecular complexity index is 703. The maximum Gasteiger partial charge on any atom is 0.326 e. The number of guanidine groups is 1. The van der Waals surface area contributed by atoms with Crippen molar-refractivity contribution in [3.05, 3.63) is 0 Å². The van der Waals surface area contributed by atoms with E-state index in [-0.39, 0.29) is 31.3 Å². The Kier molecular flexibility index (Phi) is 15.7. The zero-order chi connectivity index (χ0) is 26.3. The molecule has 0 bridgehead atoms. The normalized spacial score (nSPS) is 14.4. The second kappa shape index (κ2) is 16.9. The molecule has 0 saturated carbocycles. The van der Waals surface area contributed by atoms with Gasteiger partial charge in [-0.05, 0) is 43.6 Å². The van der Waals surface area contributed by atoms with Gasteiger partial charge in [0.05, 0.1) is 12.6 Å². The number of hydrogen-bond donors (Lipinski definition) is 8. The van der Waals surface area contributed by atoms with Crippen molar-refractivity contribution < 1.29 is 29.4 Å². The first-order valence-corrected chi connectivity index (χ1v) is 12.4. The predicted molar refractivity (Wildman–Crippen MR) is 131 cm³/mol. The molecule has 0 aromatic rings. The molecule has 4 unspecified atom stereocenters. The SMILES string of the molecule is CSCCC(NC(=O)C(CO)NC(=O)C(N)CC(C)C)C(=O)NC(CCCN=C(N)N)C(=O)O. The number of nitrogens with one attached hydrogen (secondary N) is 3. The first-order chi connectivity index (χ1) is 15.9. The van der Waals surface area contributed by atoms with Crippen LogP contribution in [0.5, 0.6) is 0 Å². The number of carbonyl (C=O) groups is 4. The summed E-state index contributed by atoms with van der Waals surface area (Å²) in [6.07, 6.45) is 2.80. The zero-order valence-corrected chi connectivity index (χ0v) is 20.8. The lowest BCUT2D eigenvalue weighted by Crippen LogP contribution is -2.58. The minimum Gasteiger partial charge on any atom is -0.480 e. The Morgan fingerprint density at radius 2 is 1.50 bits per heavy atom. The van der Waals surface area contributed by atoms with Crippen molar-refractivity contribution in [2.75, 3.05) is 25.2 Å². The van der Waals surface area contributed by atoms with E-state index in [9.17, 15) is 29.4 Å². The number of aliphatic hydroxyl groups is 1. The minimum absolute atomic E-state index is 0.0735. The summed E-state index contributed by atoms with van der Waals surface area (Å²) in [4.78, 5) is 53.0. The summed E-state index contributed by atoms with van der Waals surface area (Å²) in [6.45, 7) is 3.28. The molecular formula is C20H39N7O6S. The number of carbonyl (C=O) groups excluding carboxylic acids is 3. The van der Waals surface area contributed by atoms with Gasteiger partial charge < -0.3 is 43.4 Å². The van der Waals surface area contributed by atoms with Gasteiger partial charge in [-0.25, -0.2) is 4.79 Å². The fourth-order valence-corrected chi connectivity index (χ4v) is 3.37. The van der Waals surface area contributed by atoms with Gasteiger partial charge in [-0.15, -0.1) is 0 Å². The molecule has 0 heterocycles. The first-order valence-electron chi connectivity index (χ1n) is 11.0. The average molecular weight is 506 g/mol. The number of aliphatic imine (C=N–C) groups is 1. The number of hydrogen-bond acceptors (Lipinski definition) is 8. The Morgan fingerprint density at radius 1 is 0.941 bits per heavy atom. The van der Waals surface area contributed by atoms with E-state index >= 15 is 0 Å². The topological polar surface area (TPSA) is 235 Å². The van der Waals surface area contributed by atoms with E-state index in [1.807, 2.05) is 20.1 Å². The van der Waals surface area contributed by atoms with Gasteiger partial charge in [0.15, 0.2) is 5.96 Å². The first kappa shape index (κ1) is 31.4. The highest BCUT2D eigenvalue weighted by Gasteiger charge is 2.29. The molecule has 13 nitrogen and oxygen atoms in total. The van der Waals surface area contributed by atoms with Gasteiger partial charge in [-0.2, -0.15) is 11.8 Å². The summed E-state index contributed by atoms with van der Waals surface area (Å²) >= 11 is 1.43. The van der Waals surface area contributed by atoms with E-state index in [0.717, 1.165) is 0 Å². The van der Waals surface area contributed by atoms with Crippen molar-refractivity contribution in [2.45, 2.75) is 63.7 Å². The largest absolute Gasteiger partial charge is 0.480 e. The van der Waals surface area contributed by atoms with Crippen molar-refractivity contribution in [1.29, 1.82) is 0 Å². The third kappa shape index (κ3) is 13.2. The molecule has 0 spiro atoms. The van der Waals surface area contributed by atoms with E-state index in [1.54, 1.807) is 0 Å². The summed E-state index contributed by atoms with van der Waals surface area (Å²) in [7, 11) is 0. The smallest absolute Gasteiger partial charge is 0.326 e. The van der Waals surface area contributed by atoms with Crippen LogP contribution in [-0.2, 0) is 19.2 Å². The number of carboxylic acid groups (broad SMARTS) is 1. The van der Waals surface area contributed by atoms with Crippen LogP contribution in [-0.4, -0.2) is 89.2 Å². The molecule has 0 fully saturated rings. The Morgan fingerprint density at radius 3 is 2.00 bits per heavy atom. The van der Waals surface area contributed by atoms with Crippen molar-refractivity contribution in [2.24, 2.45) is 28.1 Å². The molecule has 14 heteroatoms. The summed E-state index contributed by atoms with van der Waals surface area (Å²) in [5, 5.41) is 26.3. The van der Waals surface area contributed by atoms with Gasteiger partial charge >= 0.3 is 5.97 Å². The molecule has 0 rings (SSSR count). The predicted octanol–water partition coefficient (Wildman–Crippen LogP) is -2.30. The molecular weight excluding hydrogens is 466 g/mol. The maximum atomic E-state index is 12.8. The summed E-state index contributed by atoms with van der Waals surface area (Å²) in [5.41, 5.74) is 16.3. The second-order valence-corrected chi connectivity index (χ2v) is 9.16. The van der Waals surface area contributed by atoms with Gasteiger partial charge in [-0.1, -0.05) is 13.8 Å². The third-order valence-electron chi connectivity index (χ3n) is 4.68. The molecule has 3 amide bonds. The minimum atomic E-state index is -1.31. The Balaban J connectivity index is 5.19. The monoisotopic (exact) mass is 505 g/mol. The van der Waals surface area contributed by atoms with Crippen LogP contribution in [0.15, 0.2) is 4.99 Å². The number of aliphatic hydroxyl groups excluding tert-OH is 1. The van der Waals surface area contributed by atoms with E-state index in [0.29, 0.717) is 18.6 Å². The Labute approximate surface area is 204 Å². The summed E-state index contributed by atoms with van der Waals surface area (Å²) < 4.78 is 0. The van der Waals surface area contributed by atoms with E-state index in [2.05, 4.69) is 20.9 Å². The van der Waals surface area contributed by atoms with Crippen molar-refractivity contribution in [3.63, 3.8) is 0 Å². The van der Waals surface area contributed by atoms with Crippen LogP contribution < -0.4 is 33.2 Å². The van der Waals surface area contributed by atoms with E-state index in [4.69, 9.17) is 17.2 Å². The number of thioether (sulfide) groups is 1. The lowest BCUT2D eigenvalue weighted by atomic mass is 10.0. The van der Waals surface area contributed by atoms with Crippen molar-refractivity contribution in [1.82, 2.24) is 16.0 Å². The fourth-order valence-electron chi connectivity index (χ4n) is 2.90. The molecule has 0 aromatic heterocycles. The third-order valence-corrected chi connectivity index (χ3v) is 5.33. The number of nitrogens with zero attached hydrogens (tertiary/aromatic N) is 1. The van der Waals surface area contributed by atoms with Gasteiger partial charge in [0.1, 0.15) is 18.1 Å². The molecule has 0 aliphatic carbocycles. The van der Waals surface area contributed by atoms with Crippen molar-refractivity contribution >= 4 is 41.4 Å². The summed E-state index contributed by atoms with van der Waals surface area (Å²) in [6, 6.07) is -4.45.